The highest BCUT2D eigenvalue weighted by molar-refractivity contribution is 5.83. The predicted octanol–water partition coefficient (Wildman–Crippen LogP) is 0.597. The van der Waals surface area contributed by atoms with E-state index >= 15 is 0 Å². The average Bonchev–Trinajstić information content (AvgIpc) is 2.72. The van der Waals surface area contributed by atoms with Crippen LogP contribution in [-0.2, 0) is 11.8 Å². The Morgan fingerprint density at radius 2 is 2.28 bits per heavy atom. The number of hydrogen-bond donors (Lipinski definition) is 2. The van der Waals surface area contributed by atoms with Crippen LogP contribution in [0.1, 0.15) is 24.9 Å². The number of amides is 2. The number of aliphatic carboxylic acids is 1. The molecular weight excluding hydrogens is 236 g/mol. The van der Waals surface area contributed by atoms with Gasteiger partial charge in [-0.25, -0.2) is 9.59 Å². The van der Waals surface area contributed by atoms with Gasteiger partial charge in [0, 0.05) is 32.4 Å². The first-order valence-electron chi connectivity index (χ1n) is 5.68. The second-order valence-electron chi connectivity index (χ2n) is 4.09. The summed E-state index contributed by atoms with van der Waals surface area (Å²) in [5.74, 6) is -1.11. The molecule has 1 aromatic rings. The van der Waals surface area contributed by atoms with Crippen molar-refractivity contribution < 1.29 is 14.7 Å². The third-order valence-corrected chi connectivity index (χ3v) is 2.48. The molecule has 18 heavy (non-hydrogen) atoms. The van der Waals surface area contributed by atoms with Gasteiger partial charge in [-0.3, -0.25) is 4.68 Å². The minimum absolute atomic E-state index is 0.409. The minimum Gasteiger partial charge on any atom is -0.479 e. The van der Waals surface area contributed by atoms with Crippen LogP contribution in [0.4, 0.5) is 4.79 Å². The molecule has 1 unspecified atom stereocenters. The molecule has 1 heterocycles. The average molecular weight is 254 g/mol. The maximum atomic E-state index is 11.8. The summed E-state index contributed by atoms with van der Waals surface area (Å²) in [6, 6.07) is -1.49. The number of urea groups is 1. The van der Waals surface area contributed by atoms with E-state index in [4.69, 9.17) is 5.11 Å². The number of carboxylic acids is 1. The fraction of sp³-hybridized carbons (Fsp3) is 0.545. The van der Waals surface area contributed by atoms with Crippen LogP contribution in [0.2, 0.25) is 0 Å². The zero-order valence-corrected chi connectivity index (χ0v) is 10.8. The fourth-order valence-corrected chi connectivity index (χ4v) is 1.55. The molecule has 2 amide bonds. The van der Waals surface area contributed by atoms with Gasteiger partial charge in [0.1, 0.15) is 0 Å². The zero-order valence-electron chi connectivity index (χ0n) is 10.8. The Bertz CT molecular complexity index is 430. The lowest BCUT2D eigenvalue weighted by molar-refractivity contribution is -0.139. The van der Waals surface area contributed by atoms with Crippen LogP contribution in [0.5, 0.6) is 0 Å². The van der Waals surface area contributed by atoms with Crippen LogP contribution in [-0.4, -0.2) is 45.4 Å². The molecule has 1 aromatic heterocycles. The first kappa shape index (κ1) is 14.0. The smallest absolute Gasteiger partial charge is 0.331 e. The molecule has 7 nitrogen and oxygen atoms in total. The number of aromatic nitrogens is 2. The van der Waals surface area contributed by atoms with Crippen molar-refractivity contribution in [1.82, 2.24) is 20.0 Å². The van der Waals surface area contributed by atoms with Gasteiger partial charge in [0.15, 0.2) is 6.04 Å². The molecule has 0 aliphatic heterocycles. The normalized spacial score (nSPS) is 11.9. The molecule has 0 saturated heterocycles. The van der Waals surface area contributed by atoms with Gasteiger partial charge in [0.25, 0.3) is 0 Å². The number of nitrogens with zero attached hydrogens (tertiary/aromatic N) is 3. The number of hydrogen-bond acceptors (Lipinski definition) is 3. The van der Waals surface area contributed by atoms with Crippen molar-refractivity contribution in [3.05, 3.63) is 18.0 Å². The lowest BCUT2D eigenvalue weighted by atomic mass is 10.1. The number of rotatable bonds is 5. The van der Waals surface area contributed by atoms with Gasteiger partial charge >= 0.3 is 12.0 Å². The predicted molar refractivity (Wildman–Crippen MR) is 65.0 cm³/mol. The zero-order chi connectivity index (χ0) is 13.7. The molecule has 0 radical (unpaired) electrons. The number of aryl methyl sites for hydroxylation is 1. The summed E-state index contributed by atoms with van der Waals surface area (Å²) in [4.78, 5) is 24.4. The van der Waals surface area contributed by atoms with E-state index in [1.54, 1.807) is 20.3 Å². The number of carbonyl (C=O) groups is 2. The second-order valence-corrected chi connectivity index (χ2v) is 4.09. The summed E-state index contributed by atoms with van der Waals surface area (Å²) >= 11 is 0. The maximum Gasteiger partial charge on any atom is 0.331 e. The largest absolute Gasteiger partial charge is 0.479 e. The maximum absolute atomic E-state index is 11.8. The van der Waals surface area contributed by atoms with Crippen molar-refractivity contribution >= 4 is 12.0 Å². The summed E-state index contributed by atoms with van der Waals surface area (Å²) in [5.41, 5.74) is 0.447. The van der Waals surface area contributed by atoms with Crippen molar-refractivity contribution in [1.29, 1.82) is 0 Å². The van der Waals surface area contributed by atoms with Crippen LogP contribution in [0.15, 0.2) is 12.4 Å². The van der Waals surface area contributed by atoms with E-state index in [0.717, 1.165) is 6.42 Å². The van der Waals surface area contributed by atoms with E-state index in [0.29, 0.717) is 12.1 Å². The van der Waals surface area contributed by atoms with Gasteiger partial charge in [-0.1, -0.05) is 6.92 Å². The third kappa shape index (κ3) is 3.47. The van der Waals surface area contributed by atoms with Gasteiger partial charge in [0.05, 0.1) is 6.20 Å². The van der Waals surface area contributed by atoms with Gasteiger partial charge < -0.3 is 15.3 Å². The highest BCUT2D eigenvalue weighted by Crippen LogP contribution is 2.12. The Morgan fingerprint density at radius 3 is 2.72 bits per heavy atom. The molecule has 0 fully saturated rings. The van der Waals surface area contributed by atoms with E-state index < -0.39 is 18.0 Å². The van der Waals surface area contributed by atoms with Gasteiger partial charge in [-0.2, -0.15) is 5.10 Å². The Kier molecular flexibility index (Phi) is 4.70. The van der Waals surface area contributed by atoms with Crippen molar-refractivity contribution in [3.8, 4) is 0 Å². The molecular formula is C11H18N4O3. The summed E-state index contributed by atoms with van der Waals surface area (Å²) in [7, 11) is 3.31. The molecule has 1 atom stereocenters. The molecule has 0 aromatic carbocycles. The molecule has 2 N–H and O–H groups in total. The molecule has 100 valence electrons. The lowest BCUT2D eigenvalue weighted by Crippen LogP contribution is -2.42. The van der Waals surface area contributed by atoms with Gasteiger partial charge in [-0.05, 0) is 6.42 Å². The van der Waals surface area contributed by atoms with Crippen LogP contribution < -0.4 is 5.32 Å². The summed E-state index contributed by atoms with van der Waals surface area (Å²) < 4.78 is 1.49. The van der Waals surface area contributed by atoms with E-state index in [1.807, 2.05) is 6.92 Å². The Balaban J connectivity index is 2.76. The number of nitrogens with one attached hydrogen (secondary N) is 1. The summed E-state index contributed by atoms with van der Waals surface area (Å²) in [6.07, 6.45) is 3.81. The van der Waals surface area contributed by atoms with Crippen molar-refractivity contribution in [2.75, 3.05) is 13.6 Å². The van der Waals surface area contributed by atoms with Crippen molar-refractivity contribution in [2.45, 2.75) is 19.4 Å². The van der Waals surface area contributed by atoms with Crippen LogP contribution in [0.3, 0.4) is 0 Å². The van der Waals surface area contributed by atoms with Gasteiger partial charge in [-0.15, -0.1) is 0 Å². The number of carboxylic acid groups (broad SMARTS) is 1. The molecule has 0 aliphatic rings. The fourth-order valence-electron chi connectivity index (χ4n) is 1.55. The molecule has 7 heteroatoms. The van der Waals surface area contributed by atoms with Gasteiger partial charge in [0.2, 0.25) is 0 Å². The topological polar surface area (TPSA) is 87.5 Å². The highest BCUT2D eigenvalue weighted by atomic mass is 16.4. The Morgan fingerprint density at radius 1 is 1.61 bits per heavy atom. The SMILES string of the molecule is CCCN(C)C(=O)NC(C(=O)O)c1cnn(C)c1. The molecule has 0 spiro atoms. The van der Waals surface area contributed by atoms with E-state index in [-0.39, 0.29) is 0 Å². The monoisotopic (exact) mass is 254 g/mol. The number of carbonyl (C=O) groups excluding carboxylic acids is 1. The summed E-state index contributed by atoms with van der Waals surface area (Å²) in [5, 5.41) is 15.5. The third-order valence-electron chi connectivity index (χ3n) is 2.48. The van der Waals surface area contributed by atoms with Crippen molar-refractivity contribution in [2.24, 2.45) is 7.05 Å². The second kappa shape index (κ2) is 6.04. The first-order chi connectivity index (χ1) is 8.45. The lowest BCUT2D eigenvalue weighted by Gasteiger charge is -2.20. The van der Waals surface area contributed by atoms with E-state index in [1.165, 1.54) is 15.8 Å². The first-order valence-corrected chi connectivity index (χ1v) is 5.68. The molecule has 0 aliphatic carbocycles. The van der Waals surface area contributed by atoms with Crippen LogP contribution >= 0.6 is 0 Å². The highest BCUT2D eigenvalue weighted by Gasteiger charge is 2.24. The summed E-state index contributed by atoms with van der Waals surface area (Å²) in [6.45, 7) is 2.52. The molecule has 1 rings (SSSR count). The Labute approximate surface area is 105 Å². The van der Waals surface area contributed by atoms with Crippen LogP contribution in [0, 0.1) is 0 Å². The van der Waals surface area contributed by atoms with Crippen LogP contribution in [0.25, 0.3) is 0 Å². The van der Waals surface area contributed by atoms with E-state index in [9.17, 15) is 9.59 Å². The quantitative estimate of drug-likeness (QED) is 0.805. The van der Waals surface area contributed by atoms with E-state index in [2.05, 4.69) is 10.4 Å². The molecule has 0 saturated carbocycles. The van der Waals surface area contributed by atoms with Crippen molar-refractivity contribution in [3.63, 3.8) is 0 Å². The Hall–Kier alpha value is -2.05. The molecule has 0 bridgehead atoms. The minimum atomic E-state index is -1.11. The standard InChI is InChI=1S/C11H18N4O3/c1-4-5-14(2)11(18)13-9(10(16)17)8-6-12-15(3)7-8/h6-7,9H,4-5H2,1-3H3,(H,13,18)(H,16,17).